The summed E-state index contributed by atoms with van der Waals surface area (Å²) in [5.41, 5.74) is -0.550. The summed E-state index contributed by atoms with van der Waals surface area (Å²) in [6.45, 7) is 1.71. The number of benzene rings is 1. The largest absolute Gasteiger partial charge is 0.462 e. The fourth-order valence-electron chi connectivity index (χ4n) is 2.18. The maximum atomic E-state index is 13.9. The Morgan fingerprint density at radius 1 is 1.13 bits per heavy atom. The quantitative estimate of drug-likeness (QED) is 0.682. The number of carbonyl (C=O) groups is 3. The molecule has 1 aromatic heterocycles. The zero-order valence-electron chi connectivity index (χ0n) is 12.0. The zero-order chi connectivity index (χ0) is 16.6. The molecule has 6 nitrogen and oxygen atoms in total. The third-order valence-electron chi connectivity index (χ3n) is 3.24. The van der Waals surface area contributed by atoms with Gasteiger partial charge in [-0.05, 0) is 37.3 Å². The van der Waals surface area contributed by atoms with Gasteiger partial charge < -0.3 is 4.42 Å². The Kier molecular flexibility index (Phi) is 3.53. The van der Waals surface area contributed by atoms with Gasteiger partial charge in [-0.1, -0.05) is 12.1 Å². The SMILES string of the molecule is Cc1ccc(/C=C2\C(=O)NC(=O)N(c3ccccc3F)C2=O)o1. The van der Waals surface area contributed by atoms with E-state index in [4.69, 9.17) is 4.42 Å². The van der Waals surface area contributed by atoms with Crippen LogP contribution in [0.4, 0.5) is 14.9 Å². The van der Waals surface area contributed by atoms with E-state index in [9.17, 15) is 18.8 Å². The molecule has 1 saturated heterocycles. The topological polar surface area (TPSA) is 79.6 Å². The molecule has 116 valence electrons. The molecule has 0 radical (unpaired) electrons. The fraction of sp³-hybridized carbons (Fsp3) is 0.0625. The molecule has 1 N–H and O–H groups in total. The first kappa shape index (κ1) is 14.7. The van der Waals surface area contributed by atoms with Crippen molar-refractivity contribution in [3.05, 3.63) is 59.3 Å². The number of imide groups is 2. The summed E-state index contributed by atoms with van der Waals surface area (Å²) in [6, 6.07) is 7.54. The summed E-state index contributed by atoms with van der Waals surface area (Å²) in [7, 11) is 0. The highest BCUT2D eigenvalue weighted by Gasteiger charge is 2.38. The van der Waals surface area contributed by atoms with Crippen molar-refractivity contribution < 1.29 is 23.2 Å². The molecular formula is C16H11FN2O4. The third-order valence-corrected chi connectivity index (χ3v) is 3.24. The molecule has 0 spiro atoms. The molecule has 0 saturated carbocycles. The molecule has 3 rings (SSSR count). The molecule has 2 aromatic rings. The number of carbonyl (C=O) groups excluding carboxylic acids is 3. The lowest BCUT2D eigenvalue weighted by Gasteiger charge is -2.26. The summed E-state index contributed by atoms with van der Waals surface area (Å²) in [6.07, 6.45) is 1.21. The van der Waals surface area contributed by atoms with Gasteiger partial charge in [0.1, 0.15) is 22.9 Å². The van der Waals surface area contributed by atoms with E-state index < -0.39 is 23.7 Å². The summed E-state index contributed by atoms with van der Waals surface area (Å²) >= 11 is 0. The highest BCUT2D eigenvalue weighted by molar-refractivity contribution is 6.39. The molecular weight excluding hydrogens is 303 g/mol. The van der Waals surface area contributed by atoms with E-state index in [1.807, 2.05) is 5.32 Å². The Balaban J connectivity index is 2.04. The van der Waals surface area contributed by atoms with Gasteiger partial charge in [0, 0.05) is 0 Å². The van der Waals surface area contributed by atoms with E-state index in [0.29, 0.717) is 10.7 Å². The second-order valence-electron chi connectivity index (χ2n) is 4.86. The Bertz CT molecular complexity index is 853. The molecule has 0 aliphatic carbocycles. The van der Waals surface area contributed by atoms with Crippen LogP contribution in [0.2, 0.25) is 0 Å². The van der Waals surface area contributed by atoms with Gasteiger partial charge in [-0.25, -0.2) is 14.1 Å². The number of hydrogen-bond donors (Lipinski definition) is 1. The van der Waals surface area contributed by atoms with Crippen LogP contribution in [0.3, 0.4) is 0 Å². The van der Waals surface area contributed by atoms with E-state index in [0.717, 1.165) is 6.07 Å². The standard InChI is InChI=1S/C16H11FN2O4/c1-9-6-7-10(23-9)8-11-14(20)18-16(22)19(15(11)21)13-5-3-2-4-12(13)17/h2-8H,1H3,(H,18,20,22)/b11-8+. The Hall–Kier alpha value is -3.22. The number of anilines is 1. The van der Waals surface area contributed by atoms with Gasteiger partial charge in [0.05, 0.1) is 5.69 Å². The average molecular weight is 314 g/mol. The first-order valence-corrected chi connectivity index (χ1v) is 6.70. The molecule has 0 atom stereocenters. The average Bonchev–Trinajstić information content (AvgIpc) is 2.91. The summed E-state index contributed by atoms with van der Waals surface area (Å²) in [4.78, 5) is 36.9. The second-order valence-corrected chi connectivity index (χ2v) is 4.86. The van der Waals surface area contributed by atoms with Crippen LogP contribution < -0.4 is 10.2 Å². The first-order chi connectivity index (χ1) is 11.0. The monoisotopic (exact) mass is 314 g/mol. The van der Waals surface area contributed by atoms with E-state index in [2.05, 4.69) is 0 Å². The van der Waals surface area contributed by atoms with Gasteiger partial charge in [0.15, 0.2) is 0 Å². The number of barbiturate groups is 1. The third kappa shape index (κ3) is 2.64. The normalized spacial score (nSPS) is 16.9. The molecule has 1 aromatic carbocycles. The van der Waals surface area contributed by atoms with Crippen LogP contribution in [-0.4, -0.2) is 17.8 Å². The lowest BCUT2D eigenvalue weighted by Crippen LogP contribution is -2.54. The number of aryl methyl sites for hydroxylation is 1. The number of urea groups is 1. The van der Waals surface area contributed by atoms with Crippen molar-refractivity contribution in [2.75, 3.05) is 4.90 Å². The van der Waals surface area contributed by atoms with Gasteiger partial charge in [0.25, 0.3) is 11.8 Å². The van der Waals surface area contributed by atoms with E-state index >= 15 is 0 Å². The van der Waals surface area contributed by atoms with Crippen molar-refractivity contribution in [2.24, 2.45) is 0 Å². The Morgan fingerprint density at radius 3 is 2.52 bits per heavy atom. The fourth-order valence-corrected chi connectivity index (χ4v) is 2.18. The number of nitrogens with one attached hydrogen (secondary N) is 1. The van der Waals surface area contributed by atoms with Gasteiger partial charge >= 0.3 is 6.03 Å². The second kappa shape index (κ2) is 5.53. The van der Waals surface area contributed by atoms with E-state index in [-0.39, 0.29) is 17.0 Å². The molecule has 0 bridgehead atoms. The molecule has 23 heavy (non-hydrogen) atoms. The molecule has 0 unspecified atom stereocenters. The predicted molar refractivity (Wildman–Crippen MR) is 78.8 cm³/mol. The van der Waals surface area contributed by atoms with Crippen LogP contribution in [-0.2, 0) is 9.59 Å². The van der Waals surface area contributed by atoms with Crippen molar-refractivity contribution >= 4 is 29.6 Å². The van der Waals surface area contributed by atoms with Crippen LogP contribution in [0.5, 0.6) is 0 Å². The number of nitrogens with zero attached hydrogens (tertiary/aromatic N) is 1. The molecule has 4 amide bonds. The van der Waals surface area contributed by atoms with Crippen molar-refractivity contribution in [3.8, 4) is 0 Å². The minimum Gasteiger partial charge on any atom is -0.462 e. The van der Waals surface area contributed by atoms with Crippen LogP contribution >= 0.6 is 0 Å². The molecule has 1 fully saturated rings. The van der Waals surface area contributed by atoms with Gasteiger partial charge in [-0.15, -0.1) is 0 Å². The first-order valence-electron chi connectivity index (χ1n) is 6.70. The van der Waals surface area contributed by atoms with Crippen LogP contribution in [0.25, 0.3) is 6.08 Å². The molecule has 2 heterocycles. The van der Waals surface area contributed by atoms with E-state index in [1.54, 1.807) is 19.1 Å². The van der Waals surface area contributed by atoms with Gasteiger partial charge in [0.2, 0.25) is 0 Å². The molecule has 7 heteroatoms. The van der Waals surface area contributed by atoms with E-state index in [1.165, 1.54) is 24.3 Å². The number of rotatable bonds is 2. The molecule has 1 aliphatic heterocycles. The zero-order valence-corrected chi connectivity index (χ0v) is 12.0. The number of halogens is 1. The smallest absolute Gasteiger partial charge is 0.336 e. The minimum absolute atomic E-state index is 0.232. The lowest BCUT2D eigenvalue weighted by molar-refractivity contribution is -0.122. The van der Waals surface area contributed by atoms with Gasteiger partial charge in [-0.3, -0.25) is 14.9 Å². The van der Waals surface area contributed by atoms with Crippen LogP contribution in [0.1, 0.15) is 11.5 Å². The lowest BCUT2D eigenvalue weighted by atomic mass is 10.1. The van der Waals surface area contributed by atoms with Crippen LogP contribution in [0.15, 0.2) is 46.4 Å². The highest BCUT2D eigenvalue weighted by atomic mass is 19.1. The Morgan fingerprint density at radius 2 is 1.87 bits per heavy atom. The van der Waals surface area contributed by atoms with Crippen molar-refractivity contribution in [1.82, 2.24) is 5.32 Å². The highest BCUT2D eigenvalue weighted by Crippen LogP contribution is 2.24. The Labute approximate surface area is 130 Å². The van der Waals surface area contributed by atoms with Crippen molar-refractivity contribution in [1.29, 1.82) is 0 Å². The number of hydrogen-bond acceptors (Lipinski definition) is 4. The minimum atomic E-state index is -1.00. The number of furan rings is 1. The van der Waals surface area contributed by atoms with Crippen molar-refractivity contribution in [2.45, 2.75) is 6.92 Å². The summed E-state index contributed by atoms with van der Waals surface area (Å²) in [5, 5.41) is 2.01. The number of amides is 4. The maximum Gasteiger partial charge on any atom is 0.336 e. The van der Waals surface area contributed by atoms with Crippen LogP contribution in [0, 0.1) is 12.7 Å². The summed E-state index contributed by atoms with van der Waals surface area (Å²) in [5.74, 6) is -1.65. The summed E-state index contributed by atoms with van der Waals surface area (Å²) < 4.78 is 19.2. The van der Waals surface area contributed by atoms with Crippen molar-refractivity contribution in [3.63, 3.8) is 0 Å². The number of para-hydroxylation sites is 1. The maximum absolute atomic E-state index is 13.9. The predicted octanol–water partition coefficient (Wildman–Crippen LogP) is 2.39. The van der Waals surface area contributed by atoms with Gasteiger partial charge in [-0.2, -0.15) is 0 Å². The molecule has 1 aliphatic rings.